The molecule has 0 aliphatic carbocycles. The van der Waals surface area contributed by atoms with Gasteiger partial charge in [-0.3, -0.25) is 0 Å². The minimum absolute atomic E-state index is 0.106. The Labute approximate surface area is 277 Å². The molecule has 6 aromatic carbocycles. The summed E-state index contributed by atoms with van der Waals surface area (Å²) in [5.41, 5.74) is 7.68. The average Bonchev–Trinajstić information content (AvgIpc) is 3.10. The molecule has 0 saturated heterocycles. The molecule has 0 heterocycles. The summed E-state index contributed by atoms with van der Waals surface area (Å²) in [6, 6.07) is 63.8. The molecule has 220 valence electrons. The van der Waals surface area contributed by atoms with Gasteiger partial charge in [0.2, 0.25) is 0 Å². The summed E-state index contributed by atoms with van der Waals surface area (Å²) in [7, 11) is 15.7. The molecule has 0 nitrogen and oxygen atoms in total. The van der Waals surface area contributed by atoms with Crippen molar-refractivity contribution < 1.29 is 15.9 Å². The molecular weight excluding hydrogens is 696 g/mol. The van der Waals surface area contributed by atoms with Crippen LogP contribution in [0.5, 0.6) is 0 Å². The molecule has 0 aliphatic rings. The van der Waals surface area contributed by atoms with Crippen molar-refractivity contribution in [1.82, 2.24) is 0 Å². The van der Waals surface area contributed by atoms with Gasteiger partial charge in [-0.25, -0.2) is 0 Å². The Morgan fingerprint density at radius 1 is 0.302 bits per heavy atom. The van der Waals surface area contributed by atoms with Crippen molar-refractivity contribution in [2.45, 2.75) is 10.3 Å². The summed E-state index contributed by atoms with van der Waals surface area (Å²) in [5, 5.41) is -0.409. The monoisotopic (exact) mass is 728 g/mol. The van der Waals surface area contributed by atoms with E-state index in [2.05, 4.69) is 200 Å². The van der Waals surface area contributed by atoms with Crippen molar-refractivity contribution in [3.8, 4) is 0 Å². The molecule has 0 fully saturated rings. The van der Waals surface area contributed by atoms with Gasteiger partial charge in [0.1, 0.15) is 0 Å². The third-order valence-electron chi connectivity index (χ3n) is 7.37. The molecule has 0 radical (unpaired) electrons. The molecule has 0 aromatic heterocycles. The maximum atomic E-state index is 4.81. The molecule has 43 heavy (non-hydrogen) atoms. The first-order valence-corrected chi connectivity index (χ1v) is 18.9. The topological polar surface area (TPSA) is 0 Å². The summed E-state index contributed by atoms with van der Waals surface area (Å²) in [6.45, 7) is 0. The zero-order chi connectivity index (χ0) is 30.4. The second kappa shape index (κ2) is 17.1. The summed E-state index contributed by atoms with van der Waals surface area (Å²) in [4.78, 5) is 0. The van der Waals surface area contributed by atoms with Crippen LogP contribution >= 0.6 is 37.5 Å². The molecule has 0 amide bonds. The number of rotatable bonds is 6. The van der Waals surface area contributed by atoms with Crippen LogP contribution in [-0.2, 0) is 26.3 Å². The van der Waals surface area contributed by atoms with Gasteiger partial charge >= 0.3 is 35.0 Å². The van der Waals surface area contributed by atoms with Crippen LogP contribution in [0, 0.1) is 0 Å². The SMILES string of the molecule is PC(c1ccccc1)(c1ccccc1)c1ccccc1.PC(c1ccccc1)(c1ccccc1)c1ccccc1.[Cl][Pd][Cl]. The van der Waals surface area contributed by atoms with Crippen LogP contribution in [0.3, 0.4) is 0 Å². The number of halogens is 2. The molecule has 0 N–H and O–H groups in total. The van der Waals surface area contributed by atoms with Gasteiger partial charge < -0.3 is 0 Å². The summed E-state index contributed by atoms with van der Waals surface area (Å²) in [5.74, 6) is 0. The second-order valence-electron chi connectivity index (χ2n) is 9.86. The predicted octanol–water partition coefficient (Wildman–Crippen LogP) is 11.1. The zero-order valence-corrected chi connectivity index (χ0v) is 28.9. The van der Waals surface area contributed by atoms with Crippen LogP contribution < -0.4 is 0 Å². The molecule has 6 rings (SSSR count). The van der Waals surface area contributed by atoms with Crippen LogP contribution in [0.25, 0.3) is 0 Å². The van der Waals surface area contributed by atoms with Crippen molar-refractivity contribution in [1.29, 1.82) is 0 Å². The fraction of sp³-hybridized carbons (Fsp3) is 0.0526. The van der Waals surface area contributed by atoms with Crippen LogP contribution in [0.2, 0.25) is 0 Å². The van der Waals surface area contributed by atoms with Gasteiger partial charge in [-0.1, -0.05) is 182 Å². The Balaban J connectivity index is 0.000000181. The first kappa shape index (κ1) is 33.3. The Hall–Kier alpha value is -2.58. The average molecular weight is 730 g/mol. The Morgan fingerprint density at radius 2 is 0.419 bits per heavy atom. The van der Waals surface area contributed by atoms with Gasteiger partial charge in [0, 0.05) is 0 Å². The Kier molecular flexibility index (Phi) is 13.2. The van der Waals surface area contributed by atoms with E-state index < -0.39 is 0 Å². The van der Waals surface area contributed by atoms with Crippen LogP contribution in [0.4, 0.5) is 0 Å². The van der Waals surface area contributed by atoms with Gasteiger partial charge in [-0.05, 0) is 33.4 Å². The first-order chi connectivity index (χ1) is 21.0. The molecule has 0 spiro atoms. The van der Waals surface area contributed by atoms with E-state index in [4.69, 9.17) is 19.1 Å². The van der Waals surface area contributed by atoms with Crippen LogP contribution in [0.1, 0.15) is 33.4 Å². The summed E-state index contributed by atoms with van der Waals surface area (Å²) in [6.07, 6.45) is 0. The fourth-order valence-electron chi connectivity index (χ4n) is 5.21. The van der Waals surface area contributed by atoms with Crippen molar-refractivity contribution >= 4 is 37.5 Å². The van der Waals surface area contributed by atoms with Crippen molar-refractivity contribution in [3.05, 3.63) is 215 Å². The molecule has 0 aliphatic heterocycles. The predicted molar refractivity (Wildman–Crippen MR) is 190 cm³/mol. The van der Waals surface area contributed by atoms with Gasteiger partial charge in [-0.2, -0.15) is 0 Å². The van der Waals surface area contributed by atoms with E-state index in [0.717, 1.165) is 0 Å². The van der Waals surface area contributed by atoms with E-state index >= 15 is 0 Å². The van der Waals surface area contributed by atoms with Gasteiger partial charge in [0.05, 0.1) is 10.3 Å². The van der Waals surface area contributed by atoms with Crippen molar-refractivity contribution in [2.75, 3.05) is 0 Å². The number of hydrogen-bond donors (Lipinski definition) is 0. The Bertz CT molecular complexity index is 1290. The van der Waals surface area contributed by atoms with E-state index in [1.807, 2.05) is 0 Å². The van der Waals surface area contributed by atoms with Gasteiger partial charge in [0.15, 0.2) is 0 Å². The standard InChI is InChI=1S/2C19H17P.2ClH.Pd/c2*20-19(16-10-4-1-5-11-16,17-12-6-2-7-13-17)18-14-8-3-9-15-18;;;/h2*1-15H,20H2;2*1H;/q;;;;+2/p-2. The van der Waals surface area contributed by atoms with Crippen molar-refractivity contribution in [2.24, 2.45) is 0 Å². The van der Waals surface area contributed by atoms with Crippen LogP contribution in [0.15, 0.2) is 182 Å². The number of benzene rings is 6. The molecule has 2 atom stereocenters. The van der Waals surface area contributed by atoms with E-state index in [-0.39, 0.29) is 26.3 Å². The Morgan fingerprint density at radius 3 is 0.535 bits per heavy atom. The molecule has 6 aromatic rings. The minimum atomic E-state index is -0.205. The van der Waals surface area contributed by atoms with Gasteiger partial charge in [0.25, 0.3) is 0 Å². The maximum absolute atomic E-state index is 4.81. The molecule has 0 bridgehead atoms. The quantitative estimate of drug-likeness (QED) is 0.0910. The third-order valence-corrected chi connectivity index (χ3v) is 9.37. The van der Waals surface area contributed by atoms with E-state index in [9.17, 15) is 0 Å². The number of hydrogen-bond acceptors (Lipinski definition) is 0. The molecule has 5 heteroatoms. The molecule has 2 unspecified atom stereocenters. The van der Waals surface area contributed by atoms with Gasteiger partial charge in [-0.15, -0.1) is 18.5 Å². The molecule has 0 saturated carbocycles. The zero-order valence-electron chi connectivity index (χ0n) is 23.5. The van der Waals surface area contributed by atoms with Crippen LogP contribution in [-0.4, -0.2) is 0 Å². The van der Waals surface area contributed by atoms with E-state index in [1.54, 1.807) is 0 Å². The van der Waals surface area contributed by atoms with E-state index in [1.165, 1.54) is 33.4 Å². The van der Waals surface area contributed by atoms with Crippen molar-refractivity contribution in [3.63, 3.8) is 0 Å². The van der Waals surface area contributed by atoms with E-state index in [0.29, 0.717) is 0 Å². The summed E-state index contributed by atoms with van der Waals surface area (Å²) < 4.78 is 0. The first-order valence-electron chi connectivity index (χ1n) is 13.8. The second-order valence-corrected chi connectivity index (χ2v) is 13.9. The molecular formula is C38H34Cl2P2Pd. The normalized spacial score (nSPS) is 11.0. The third kappa shape index (κ3) is 8.33. The fourth-order valence-corrected chi connectivity index (χ4v) is 6.36. The summed E-state index contributed by atoms with van der Waals surface area (Å²) >= 11 is -0.106.